The first-order chi connectivity index (χ1) is 12.6. The molecule has 0 heterocycles. The van der Waals surface area contributed by atoms with E-state index in [9.17, 15) is 9.59 Å². The van der Waals surface area contributed by atoms with Gasteiger partial charge < -0.3 is 21.7 Å². The number of urea groups is 1. The minimum atomic E-state index is -0.789. The van der Waals surface area contributed by atoms with Crippen molar-refractivity contribution in [3.63, 3.8) is 0 Å². The Balaban J connectivity index is 1.58. The molecule has 6 nitrogen and oxygen atoms in total. The van der Waals surface area contributed by atoms with Crippen LogP contribution in [-0.4, -0.2) is 30.1 Å². The molecule has 6 heteroatoms. The monoisotopic (exact) mass is 358 g/mol. The van der Waals surface area contributed by atoms with Crippen molar-refractivity contribution >= 4 is 11.9 Å². The minimum absolute atomic E-state index is 0.0461. The lowest BCUT2D eigenvalue weighted by Crippen LogP contribution is -2.61. The van der Waals surface area contributed by atoms with E-state index >= 15 is 0 Å². The number of hydrogen-bond donors (Lipinski definition) is 4. The van der Waals surface area contributed by atoms with E-state index in [0.29, 0.717) is 31.8 Å². The summed E-state index contributed by atoms with van der Waals surface area (Å²) in [6.45, 7) is 1.05. The summed E-state index contributed by atoms with van der Waals surface area (Å²) in [5.41, 5.74) is 6.07. The summed E-state index contributed by atoms with van der Waals surface area (Å²) < 4.78 is 0. The molecule has 142 valence electrons. The maximum Gasteiger partial charge on any atom is 0.315 e. The van der Waals surface area contributed by atoms with Crippen molar-refractivity contribution in [3.05, 3.63) is 35.9 Å². The highest BCUT2D eigenvalue weighted by Crippen LogP contribution is 2.31. The topological polar surface area (TPSA) is 96.2 Å². The summed E-state index contributed by atoms with van der Waals surface area (Å²) in [6, 6.07) is 9.61. The predicted molar refractivity (Wildman–Crippen MR) is 101 cm³/mol. The second kappa shape index (κ2) is 8.54. The number of nitrogens with one attached hydrogen (secondary N) is 3. The van der Waals surface area contributed by atoms with E-state index in [-0.39, 0.29) is 18.0 Å². The maximum atomic E-state index is 13.0. The van der Waals surface area contributed by atoms with Crippen LogP contribution in [0.2, 0.25) is 0 Å². The van der Waals surface area contributed by atoms with Gasteiger partial charge in [-0.3, -0.25) is 4.79 Å². The first-order valence-corrected chi connectivity index (χ1v) is 9.74. The van der Waals surface area contributed by atoms with Crippen LogP contribution in [0.5, 0.6) is 0 Å². The maximum absolute atomic E-state index is 13.0. The number of hydrogen-bond acceptors (Lipinski definition) is 3. The second-order valence-electron chi connectivity index (χ2n) is 7.59. The first-order valence-electron chi connectivity index (χ1n) is 9.74. The van der Waals surface area contributed by atoms with E-state index in [1.54, 1.807) is 0 Å². The van der Waals surface area contributed by atoms with Gasteiger partial charge in [-0.15, -0.1) is 0 Å². The van der Waals surface area contributed by atoms with Crippen LogP contribution in [0.4, 0.5) is 4.79 Å². The highest BCUT2D eigenvalue weighted by atomic mass is 16.2. The van der Waals surface area contributed by atoms with Crippen LogP contribution < -0.4 is 21.7 Å². The number of carbonyl (C=O) groups is 2. The largest absolute Gasteiger partial charge is 0.351 e. The van der Waals surface area contributed by atoms with Crippen LogP contribution >= 0.6 is 0 Å². The molecule has 2 aliphatic rings. The lowest BCUT2D eigenvalue weighted by atomic mass is 9.94. The molecule has 0 aliphatic heterocycles. The average molecular weight is 358 g/mol. The van der Waals surface area contributed by atoms with Crippen molar-refractivity contribution in [3.8, 4) is 0 Å². The summed E-state index contributed by atoms with van der Waals surface area (Å²) >= 11 is 0. The fraction of sp³-hybridized carbons (Fsp3) is 0.600. The summed E-state index contributed by atoms with van der Waals surface area (Å²) in [7, 11) is 0. The SMILES string of the molecule is NCC1CCCC1NC(=O)C1(NC(=O)NCc2ccccc2)CCCC1. The van der Waals surface area contributed by atoms with Crippen molar-refractivity contribution in [1.29, 1.82) is 0 Å². The summed E-state index contributed by atoms with van der Waals surface area (Å²) in [5.74, 6) is 0.305. The Morgan fingerprint density at radius 1 is 1.08 bits per heavy atom. The number of amides is 3. The van der Waals surface area contributed by atoms with Crippen LogP contribution in [0.25, 0.3) is 0 Å². The lowest BCUT2D eigenvalue weighted by Gasteiger charge is -2.31. The number of benzene rings is 1. The van der Waals surface area contributed by atoms with Crippen molar-refractivity contribution in [2.45, 2.75) is 63.1 Å². The van der Waals surface area contributed by atoms with Gasteiger partial charge in [0.1, 0.15) is 5.54 Å². The molecular weight excluding hydrogens is 328 g/mol. The zero-order chi connectivity index (χ0) is 18.4. The Bertz CT molecular complexity index is 613. The lowest BCUT2D eigenvalue weighted by molar-refractivity contribution is -0.128. The Morgan fingerprint density at radius 3 is 2.50 bits per heavy atom. The second-order valence-corrected chi connectivity index (χ2v) is 7.59. The molecule has 2 unspecified atom stereocenters. The van der Waals surface area contributed by atoms with Gasteiger partial charge in [-0.1, -0.05) is 49.6 Å². The van der Waals surface area contributed by atoms with Gasteiger partial charge in [0.05, 0.1) is 0 Å². The van der Waals surface area contributed by atoms with Crippen molar-refractivity contribution in [2.75, 3.05) is 6.54 Å². The third-order valence-electron chi connectivity index (χ3n) is 5.82. The highest BCUT2D eigenvalue weighted by molar-refractivity contribution is 5.91. The standard InChI is InChI=1S/C20H30N4O2/c21-13-16-9-6-10-17(16)23-18(25)20(11-4-5-12-20)24-19(26)22-14-15-7-2-1-3-8-15/h1-3,7-8,16-17H,4-6,9-14,21H2,(H,23,25)(H2,22,24,26). The molecule has 0 aromatic heterocycles. The van der Waals surface area contributed by atoms with Crippen LogP contribution in [0, 0.1) is 5.92 Å². The first kappa shape index (κ1) is 18.7. The van der Waals surface area contributed by atoms with Gasteiger partial charge in [0.25, 0.3) is 0 Å². The Hall–Kier alpha value is -2.08. The molecule has 3 rings (SSSR count). The van der Waals surface area contributed by atoms with Gasteiger partial charge in [0.15, 0.2) is 0 Å². The van der Waals surface area contributed by atoms with E-state index in [2.05, 4.69) is 16.0 Å². The molecule has 1 aromatic rings. The number of nitrogens with two attached hydrogens (primary N) is 1. The summed E-state index contributed by atoms with van der Waals surface area (Å²) in [6.07, 6.45) is 6.44. The molecule has 1 aromatic carbocycles. The molecule has 3 amide bonds. The van der Waals surface area contributed by atoms with Gasteiger partial charge in [-0.2, -0.15) is 0 Å². The van der Waals surface area contributed by atoms with Gasteiger partial charge in [0.2, 0.25) is 5.91 Å². The van der Waals surface area contributed by atoms with Gasteiger partial charge in [-0.05, 0) is 43.7 Å². The van der Waals surface area contributed by atoms with Crippen molar-refractivity contribution in [2.24, 2.45) is 11.7 Å². The van der Waals surface area contributed by atoms with E-state index in [4.69, 9.17) is 5.73 Å². The summed E-state index contributed by atoms with van der Waals surface area (Å²) in [4.78, 5) is 25.4. The van der Waals surface area contributed by atoms with Gasteiger partial charge >= 0.3 is 6.03 Å². The molecule has 2 saturated carbocycles. The van der Waals surface area contributed by atoms with Crippen molar-refractivity contribution < 1.29 is 9.59 Å². The van der Waals surface area contributed by atoms with Gasteiger partial charge in [0, 0.05) is 12.6 Å². The molecule has 0 saturated heterocycles. The fourth-order valence-corrected chi connectivity index (χ4v) is 4.24. The Morgan fingerprint density at radius 2 is 1.81 bits per heavy atom. The third kappa shape index (κ3) is 4.36. The molecule has 0 bridgehead atoms. The van der Waals surface area contributed by atoms with E-state index in [1.807, 2.05) is 30.3 Å². The normalized spacial score (nSPS) is 24.2. The predicted octanol–water partition coefficient (Wildman–Crippen LogP) is 2.04. The van der Waals surface area contributed by atoms with E-state index in [1.165, 1.54) is 0 Å². The van der Waals surface area contributed by atoms with E-state index < -0.39 is 5.54 Å². The molecule has 0 spiro atoms. The zero-order valence-corrected chi connectivity index (χ0v) is 15.3. The quantitative estimate of drug-likeness (QED) is 0.626. The molecule has 2 atom stereocenters. The number of rotatable bonds is 6. The molecular formula is C20H30N4O2. The molecule has 5 N–H and O–H groups in total. The smallest absolute Gasteiger partial charge is 0.315 e. The fourth-order valence-electron chi connectivity index (χ4n) is 4.24. The minimum Gasteiger partial charge on any atom is -0.351 e. The molecule has 0 radical (unpaired) electrons. The Labute approximate surface area is 155 Å². The third-order valence-corrected chi connectivity index (χ3v) is 5.82. The van der Waals surface area contributed by atoms with Crippen LogP contribution in [0.1, 0.15) is 50.5 Å². The van der Waals surface area contributed by atoms with E-state index in [0.717, 1.165) is 37.7 Å². The average Bonchev–Trinajstić information content (AvgIpc) is 3.31. The molecule has 26 heavy (non-hydrogen) atoms. The van der Waals surface area contributed by atoms with Crippen LogP contribution in [0.15, 0.2) is 30.3 Å². The highest BCUT2D eigenvalue weighted by Gasteiger charge is 2.44. The molecule has 2 aliphatic carbocycles. The van der Waals surface area contributed by atoms with Gasteiger partial charge in [-0.25, -0.2) is 4.79 Å². The molecule has 2 fully saturated rings. The van der Waals surface area contributed by atoms with Crippen molar-refractivity contribution in [1.82, 2.24) is 16.0 Å². The zero-order valence-electron chi connectivity index (χ0n) is 15.3. The Kier molecular flexibility index (Phi) is 6.14. The van der Waals surface area contributed by atoms with Crippen LogP contribution in [-0.2, 0) is 11.3 Å². The summed E-state index contributed by atoms with van der Waals surface area (Å²) in [5, 5.41) is 9.03. The van der Waals surface area contributed by atoms with Crippen LogP contribution in [0.3, 0.4) is 0 Å². The number of carbonyl (C=O) groups excluding carboxylic acids is 2.